The number of carbonyl (C=O) groups excluding carboxylic acids is 2. The van der Waals surface area contributed by atoms with Gasteiger partial charge in [0.05, 0.1) is 6.04 Å². The van der Waals surface area contributed by atoms with Crippen LogP contribution in [0.1, 0.15) is 33.3 Å². The number of rotatable bonds is 4. The van der Waals surface area contributed by atoms with Crippen molar-refractivity contribution in [1.82, 2.24) is 5.32 Å². The van der Waals surface area contributed by atoms with E-state index in [1.807, 2.05) is 51.1 Å². The van der Waals surface area contributed by atoms with E-state index in [0.717, 1.165) is 5.56 Å². The van der Waals surface area contributed by atoms with E-state index in [-0.39, 0.29) is 12.4 Å². The summed E-state index contributed by atoms with van der Waals surface area (Å²) < 4.78 is 5.06. The highest BCUT2D eigenvalue weighted by molar-refractivity contribution is 5.90. The summed E-state index contributed by atoms with van der Waals surface area (Å²) >= 11 is 0. The summed E-state index contributed by atoms with van der Waals surface area (Å²) in [5.74, 6) is -0.0239. The highest BCUT2D eigenvalue weighted by Crippen LogP contribution is 2.16. The molecule has 0 heterocycles. The smallest absolute Gasteiger partial charge is 0.408 e. The van der Waals surface area contributed by atoms with Crippen LogP contribution in [-0.2, 0) is 16.1 Å². The standard InChI is InChI=1S/C15H21NO3/c1-11(13(17)15(2,3)4)16-14(18)19-10-12-8-6-5-7-9-12/h5-9,11H,10H2,1-4H3,(H,16,18)/t11-/m0/s1. The lowest BCUT2D eigenvalue weighted by atomic mass is 9.87. The van der Waals surface area contributed by atoms with Crippen LogP contribution in [0.15, 0.2) is 30.3 Å². The second kappa shape index (κ2) is 6.36. The summed E-state index contributed by atoms with van der Waals surface area (Å²) in [5, 5.41) is 2.55. The van der Waals surface area contributed by atoms with Crippen molar-refractivity contribution in [2.75, 3.05) is 0 Å². The monoisotopic (exact) mass is 263 g/mol. The van der Waals surface area contributed by atoms with E-state index >= 15 is 0 Å². The Morgan fingerprint density at radius 1 is 1.21 bits per heavy atom. The van der Waals surface area contributed by atoms with E-state index in [2.05, 4.69) is 5.32 Å². The molecule has 0 aliphatic rings. The molecule has 0 aromatic heterocycles. The first-order chi connectivity index (χ1) is 8.80. The molecular weight excluding hydrogens is 242 g/mol. The van der Waals surface area contributed by atoms with E-state index in [9.17, 15) is 9.59 Å². The summed E-state index contributed by atoms with van der Waals surface area (Å²) in [6.45, 7) is 7.33. The molecule has 1 atom stereocenters. The minimum absolute atomic E-state index is 0.0239. The van der Waals surface area contributed by atoms with Crippen LogP contribution < -0.4 is 5.32 Å². The molecule has 0 fully saturated rings. The Kier molecular flexibility index (Phi) is 5.10. The third-order valence-electron chi connectivity index (χ3n) is 2.68. The third-order valence-corrected chi connectivity index (χ3v) is 2.68. The molecule has 0 aliphatic heterocycles. The van der Waals surface area contributed by atoms with Crippen LogP contribution in [-0.4, -0.2) is 17.9 Å². The summed E-state index contributed by atoms with van der Waals surface area (Å²) in [6.07, 6.45) is -0.575. The van der Waals surface area contributed by atoms with Gasteiger partial charge in [-0.3, -0.25) is 4.79 Å². The van der Waals surface area contributed by atoms with Crippen LogP contribution in [0.25, 0.3) is 0 Å². The predicted molar refractivity (Wildman–Crippen MR) is 73.7 cm³/mol. The normalized spacial score (nSPS) is 12.6. The molecule has 4 nitrogen and oxygen atoms in total. The highest BCUT2D eigenvalue weighted by atomic mass is 16.5. The maximum atomic E-state index is 11.9. The fraction of sp³-hybridized carbons (Fsp3) is 0.467. The van der Waals surface area contributed by atoms with Crippen molar-refractivity contribution in [3.8, 4) is 0 Å². The number of ketones is 1. The first kappa shape index (κ1) is 15.2. The van der Waals surface area contributed by atoms with E-state index in [4.69, 9.17) is 4.74 Å². The molecule has 0 spiro atoms. The number of nitrogens with one attached hydrogen (secondary N) is 1. The van der Waals surface area contributed by atoms with Crippen molar-refractivity contribution in [3.63, 3.8) is 0 Å². The Balaban J connectivity index is 2.42. The molecule has 0 saturated heterocycles. The Bertz CT molecular complexity index is 434. The predicted octanol–water partition coefficient (Wildman–Crippen LogP) is 2.92. The van der Waals surface area contributed by atoms with Gasteiger partial charge in [-0.05, 0) is 12.5 Å². The first-order valence-corrected chi connectivity index (χ1v) is 6.32. The molecule has 19 heavy (non-hydrogen) atoms. The van der Waals surface area contributed by atoms with E-state index in [1.165, 1.54) is 0 Å². The van der Waals surface area contributed by atoms with Crippen LogP contribution in [0.5, 0.6) is 0 Å². The van der Waals surface area contributed by atoms with Crippen molar-refractivity contribution in [3.05, 3.63) is 35.9 Å². The number of Topliss-reactive ketones (excluding diaryl/α,β-unsaturated/α-hetero) is 1. The molecule has 104 valence electrons. The number of alkyl carbamates (subject to hydrolysis) is 1. The van der Waals surface area contributed by atoms with Crippen LogP contribution >= 0.6 is 0 Å². The zero-order valence-electron chi connectivity index (χ0n) is 11.9. The van der Waals surface area contributed by atoms with Gasteiger partial charge in [0, 0.05) is 5.41 Å². The molecule has 4 heteroatoms. The van der Waals surface area contributed by atoms with Crippen molar-refractivity contribution < 1.29 is 14.3 Å². The van der Waals surface area contributed by atoms with Gasteiger partial charge in [-0.25, -0.2) is 4.79 Å². The van der Waals surface area contributed by atoms with Crippen LogP contribution in [0.4, 0.5) is 4.79 Å². The van der Waals surface area contributed by atoms with Crippen LogP contribution in [0.2, 0.25) is 0 Å². The molecule has 0 saturated carbocycles. The fourth-order valence-corrected chi connectivity index (χ4v) is 1.66. The molecule has 1 aromatic carbocycles. The van der Waals surface area contributed by atoms with Gasteiger partial charge >= 0.3 is 6.09 Å². The molecule has 1 aromatic rings. The zero-order valence-corrected chi connectivity index (χ0v) is 11.9. The quantitative estimate of drug-likeness (QED) is 0.908. The number of hydrogen-bond acceptors (Lipinski definition) is 3. The molecule has 0 unspecified atom stereocenters. The Morgan fingerprint density at radius 2 is 1.79 bits per heavy atom. The molecule has 1 amide bonds. The lowest BCUT2D eigenvalue weighted by Crippen LogP contribution is -2.43. The lowest BCUT2D eigenvalue weighted by molar-refractivity contribution is -0.127. The zero-order chi connectivity index (χ0) is 14.5. The average molecular weight is 263 g/mol. The Hall–Kier alpha value is -1.84. The van der Waals surface area contributed by atoms with Gasteiger partial charge in [-0.1, -0.05) is 51.1 Å². The fourth-order valence-electron chi connectivity index (χ4n) is 1.66. The van der Waals surface area contributed by atoms with Crippen molar-refractivity contribution in [1.29, 1.82) is 0 Å². The minimum atomic E-state index is -0.575. The molecule has 0 aliphatic carbocycles. The Labute approximate surface area is 114 Å². The maximum absolute atomic E-state index is 11.9. The molecular formula is C15H21NO3. The number of amides is 1. The topological polar surface area (TPSA) is 55.4 Å². The van der Waals surface area contributed by atoms with Crippen molar-refractivity contribution in [2.45, 2.75) is 40.3 Å². The SMILES string of the molecule is C[C@H](NC(=O)OCc1ccccc1)C(=O)C(C)(C)C. The molecule has 1 N–H and O–H groups in total. The molecule has 0 radical (unpaired) electrons. The second-order valence-electron chi connectivity index (χ2n) is 5.54. The third kappa shape index (κ3) is 5.12. The first-order valence-electron chi connectivity index (χ1n) is 6.32. The highest BCUT2D eigenvalue weighted by Gasteiger charge is 2.27. The van der Waals surface area contributed by atoms with Gasteiger partial charge in [-0.15, -0.1) is 0 Å². The summed E-state index contributed by atoms with van der Waals surface area (Å²) in [7, 11) is 0. The van der Waals surface area contributed by atoms with Crippen LogP contribution in [0, 0.1) is 5.41 Å². The summed E-state index contributed by atoms with van der Waals surface area (Å²) in [6, 6.07) is 8.84. The largest absolute Gasteiger partial charge is 0.445 e. The number of hydrogen-bond donors (Lipinski definition) is 1. The van der Waals surface area contributed by atoms with E-state index < -0.39 is 17.6 Å². The van der Waals surface area contributed by atoms with Gasteiger partial charge in [0.1, 0.15) is 6.61 Å². The molecule has 0 bridgehead atoms. The number of benzene rings is 1. The van der Waals surface area contributed by atoms with E-state index in [1.54, 1.807) is 6.92 Å². The summed E-state index contributed by atoms with van der Waals surface area (Å²) in [4.78, 5) is 23.5. The molecule has 1 rings (SSSR count). The van der Waals surface area contributed by atoms with Gasteiger partial charge < -0.3 is 10.1 Å². The van der Waals surface area contributed by atoms with Gasteiger partial charge in [0.15, 0.2) is 5.78 Å². The van der Waals surface area contributed by atoms with Gasteiger partial charge in [0.2, 0.25) is 0 Å². The van der Waals surface area contributed by atoms with Crippen molar-refractivity contribution >= 4 is 11.9 Å². The number of carbonyl (C=O) groups is 2. The second-order valence-corrected chi connectivity index (χ2v) is 5.54. The van der Waals surface area contributed by atoms with Gasteiger partial charge in [-0.2, -0.15) is 0 Å². The maximum Gasteiger partial charge on any atom is 0.408 e. The average Bonchev–Trinajstić information content (AvgIpc) is 2.35. The summed E-state index contributed by atoms with van der Waals surface area (Å²) in [5.41, 5.74) is 0.430. The minimum Gasteiger partial charge on any atom is -0.445 e. The number of ether oxygens (including phenoxy) is 1. The Morgan fingerprint density at radius 3 is 2.32 bits per heavy atom. The van der Waals surface area contributed by atoms with Crippen LogP contribution in [0.3, 0.4) is 0 Å². The van der Waals surface area contributed by atoms with Crippen molar-refractivity contribution in [2.24, 2.45) is 5.41 Å². The van der Waals surface area contributed by atoms with E-state index in [0.29, 0.717) is 0 Å². The van der Waals surface area contributed by atoms with Gasteiger partial charge in [0.25, 0.3) is 0 Å². The lowest BCUT2D eigenvalue weighted by Gasteiger charge is -2.22.